The van der Waals surface area contributed by atoms with Crippen molar-refractivity contribution in [3.05, 3.63) is 143 Å². The molecule has 2 saturated heterocycles. The molecule has 258 valence electrons. The monoisotopic (exact) mass is 726 g/mol. The van der Waals surface area contributed by atoms with Crippen molar-refractivity contribution in [2.75, 3.05) is 22.9 Å². The summed E-state index contributed by atoms with van der Waals surface area (Å²) in [6, 6.07) is 30.6. The molecule has 52 heavy (non-hydrogen) atoms. The molecule has 2 fully saturated rings. The van der Waals surface area contributed by atoms with Gasteiger partial charge in [0.05, 0.1) is 33.9 Å². The molecule has 2 aliphatic rings. The molecule has 4 aromatic carbocycles. The van der Waals surface area contributed by atoms with Crippen molar-refractivity contribution in [1.82, 2.24) is 10.6 Å². The van der Waals surface area contributed by atoms with Crippen molar-refractivity contribution >= 4 is 92.1 Å². The maximum atomic E-state index is 13.6. The lowest BCUT2D eigenvalue weighted by Crippen LogP contribution is -2.30. The zero-order valence-corrected chi connectivity index (χ0v) is 29.6. The van der Waals surface area contributed by atoms with Crippen LogP contribution in [-0.4, -0.2) is 58.0 Å². The molecule has 2 heterocycles. The van der Waals surface area contributed by atoms with E-state index in [1.54, 1.807) is 84.9 Å². The van der Waals surface area contributed by atoms with Crippen LogP contribution in [0.25, 0.3) is 11.4 Å². The van der Waals surface area contributed by atoms with Crippen molar-refractivity contribution in [1.29, 1.82) is 0 Å². The number of hydrogen-bond acceptors (Lipinski definition) is 10. The fourth-order valence-electron chi connectivity index (χ4n) is 5.91. The van der Waals surface area contributed by atoms with Gasteiger partial charge in [0.2, 0.25) is 0 Å². The lowest BCUT2D eigenvalue weighted by atomic mass is 10.0. The van der Waals surface area contributed by atoms with Crippen LogP contribution in [0.1, 0.15) is 45.7 Å². The molecule has 0 unspecified atom stereocenters. The second-order valence-electron chi connectivity index (χ2n) is 11.8. The lowest BCUT2D eigenvalue weighted by Gasteiger charge is -2.19. The molecule has 2 N–H and O–H groups in total. The first-order chi connectivity index (χ1) is 25.0. The summed E-state index contributed by atoms with van der Waals surface area (Å²) in [5.41, 5.74) is 3.18. The molecule has 0 bridgehead atoms. The van der Waals surface area contributed by atoms with Crippen LogP contribution in [-0.2, 0) is 19.2 Å². The first-order valence-corrected chi connectivity index (χ1v) is 17.0. The van der Waals surface area contributed by atoms with Crippen LogP contribution in [0.2, 0.25) is 0 Å². The summed E-state index contributed by atoms with van der Waals surface area (Å²) in [7, 11) is 0. The van der Waals surface area contributed by atoms with Crippen molar-refractivity contribution in [3.63, 3.8) is 0 Å². The zero-order chi connectivity index (χ0) is 37.1. The van der Waals surface area contributed by atoms with Crippen LogP contribution in [0.15, 0.2) is 120 Å². The fraction of sp³-hybridized carbons (Fsp3) is 0.100. The predicted molar refractivity (Wildman–Crippen MR) is 206 cm³/mol. The summed E-state index contributed by atoms with van der Waals surface area (Å²) in [6.07, 6.45) is 0. The molecule has 6 rings (SSSR count). The van der Waals surface area contributed by atoms with Crippen molar-refractivity contribution in [2.24, 2.45) is 0 Å². The quantitative estimate of drug-likeness (QED) is 0.0692. The molecule has 0 saturated carbocycles. The predicted octanol–water partition coefficient (Wildman–Crippen LogP) is 5.28. The Hall–Kier alpha value is -6.24. The van der Waals surface area contributed by atoms with Crippen LogP contribution in [0.5, 0.6) is 0 Å². The molecule has 2 aliphatic heterocycles. The van der Waals surface area contributed by atoms with Gasteiger partial charge < -0.3 is 10.6 Å². The van der Waals surface area contributed by atoms with Gasteiger partial charge in [-0.3, -0.25) is 38.6 Å². The highest BCUT2D eigenvalue weighted by Gasteiger charge is 2.44. The van der Waals surface area contributed by atoms with Crippen molar-refractivity contribution in [3.8, 4) is 0 Å². The molecule has 0 atom stereocenters. The van der Waals surface area contributed by atoms with Gasteiger partial charge >= 0.3 is 11.8 Å². The topological polar surface area (TPSA) is 133 Å². The van der Waals surface area contributed by atoms with E-state index in [-0.39, 0.29) is 45.8 Å². The Morgan fingerprint density at radius 2 is 0.865 bits per heavy atom. The number of anilines is 2. The van der Waals surface area contributed by atoms with Gasteiger partial charge in [0, 0.05) is 24.2 Å². The highest BCUT2D eigenvalue weighted by atomic mass is 32.1. The van der Waals surface area contributed by atoms with E-state index in [2.05, 4.69) is 10.6 Å². The number of hydrogen-bond donors (Lipinski definition) is 2. The second-order valence-corrected chi connectivity index (χ2v) is 12.6. The smallest absolute Gasteiger partial charge is 0.304 e. The third kappa shape index (κ3) is 6.76. The van der Waals surface area contributed by atoms with Crippen molar-refractivity contribution < 1.29 is 28.8 Å². The van der Waals surface area contributed by atoms with E-state index in [9.17, 15) is 28.8 Å². The lowest BCUT2D eigenvalue weighted by molar-refractivity contribution is -0.132. The van der Waals surface area contributed by atoms with Gasteiger partial charge in [-0.05, 0) is 49.2 Å². The average Bonchev–Trinajstić information content (AvgIpc) is 3.51. The summed E-state index contributed by atoms with van der Waals surface area (Å²) >= 11 is 11.4. The van der Waals surface area contributed by atoms with Gasteiger partial charge in [0.15, 0.2) is 11.6 Å². The highest BCUT2D eigenvalue weighted by molar-refractivity contribution is 7.81. The summed E-state index contributed by atoms with van der Waals surface area (Å²) in [4.78, 5) is 80.2. The summed E-state index contributed by atoms with van der Waals surface area (Å²) < 4.78 is 0. The minimum atomic E-state index is -0.846. The zero-order valence-electron chi connectivity index (χ0n) is 28.0. The van der Waals surface area contributed by atoms with Crippen molar-refractivity contribution in [2.45, 2.75) is 13.8 Å². The molecule has 0 aromatic heterocycles. The van der Waals surface area contributed by atoms with Crippen LogP contribution < -0.4 is 20.4 Å². The van der Waals surface area contributed by atoms with E-state index < -0.39 is 23.4 Å². The number of benzene rings is 4. The van der Waals surface area contributed by atoms with Gasteiger partial charge in [-0.25, -0.2) is 0 Å². The van der Waals surface area contributed by atoms with E-state index >= 15 is 0 Å². The number of ketones is 4. The molecule has 4 aromatic rings. The largest absolute Gasteiger partial charge is 0.382 e. The van der Waals surface area contributed by atoms with E-state index in [0.717, 1.165) is 9.80 Å². The molecular weight excluding hydrogens is 697 g/mol. The number of amides is 2. The molecule has 0 radical (unpaired) electrons. The average molecular weight is 727 g/mol. The van der Waals surface area contributed by atoms with Crippen LogP contribution in [0.3, 0.4) is 0 Å². The van der Waals surface area contributed by atoms with Gasteiger partial charge in [-0.1, -0.05) is 109 Å². The minimum absolute atomic E-state index is 0.00208. The molecule has 10 nitrogen and oxygen atoms in total. The van der Waals surface area contributed by atoms with E-state index in [0.29, 0.717) is 45.0 Å². The van der Waals surface area contributed by atoms with Gasteiger partial charge in [-0.2, -0.15) is 0 Å². The third-order valence-electron chi connectivity index (χ3n) is 8.46. The number of thiocarbonyl (C=S) groups is 2. The maximum absolute atomic E-state index is 13.6. The second kappa shape index (κ2) is 14.9. The number of carbonyl (C=O) groups is 6. The molecular formula is C40H30N4O6S2. The standard InChI is InChI=1S/C40H30N4O6S2/c1-23(45)27-15-9-17-29(21-27)43-37(49)35(47)31(39(43)51)33(25-11-5-3-6-12-25)41-19-20-42-34(26-13-7-4-8-14-26)32-36(48)38(50)44(40(32)52)30-18-10-16-28(22-30)24(2)46/h3-18,21-22,41-42H,19-20H2,1-2H3. The number of nitrogens with one attached hydrogen (secondary N) is 2. The Morgan fingerprint density at radius 3 is 1.21 bits per heavy atom. The maximum Gasteiger partial charge on any atom is 0.304 e. The number of nitrogens with zero attached hydrogens (tertiary/aromatic N) is 2. The highest BCUT2D eigenvalue weighted by Crippen LogP contribution is 2.32. The Labute approximate surface area is 309 Å². The van der Waals surface area contributed by atoms with Gasteiger partial charge in [-0.15, -0.1) is 0 Å². The normalized spacial score (nSPS) is 16.4. The van der Waals surface area contributed by atoms with E-state index in [1.807, 2.05) is 12.1 Å². The third-order valence-corrected chi connectivity index (χ3v) is 9.23. The van der Waals surface area contributed by atoms with Gasteiger partial charge in [0.25, 0.3) is 11.6 Å². The Balaban J connectivity index is 1.32. The Bertz CT molecular complexity index is 2120. The first-order valence-electron chi connectivity index (χ1n) is 16.1. The summed E-state index contributed by atoms with van der Waals surface area (Å²) in [5.74, 6) is -3.71. The Kier molecular flexibility index (Phi) is 10.2. The Morgan fingerprint density at radius 1 is 0.519 bits per heavy atom. The molecule has 0 aliphatic carbocycles. The van der Waals surface area contributed by atoms with Crippen LogP contribution >= 0.6 is 24.4 Å². The van der Waals surface area contributed by atoms with E-state index in [4.69, 9.17) is 24.4 Å². The first kappa shape index (κ1) is 35.6. The number of rotatable bonds is 11. The molecule has 12 heteroatoms. The summed E-state index contributed by atoms with van der Waals surface area (Å²) in [6.45, 7) is 3.15. The number of Topliss-reactive ketones (excluding diaryl/α,β-unsaturated/α-hetero) is 4. The minimum Gasteiger partial charge on any atom is -0.382 e. The molecule has 0 spiro atoms. The fourth-order valence-corrected chi connectivity index (χ4v) is 6.68. The number of carbonyl (C=O) groups excluding carboxylic acids is 6. The SMILES string of the molecule is CC(=O)c1cccc(N2C(=O)C(=O)C(=C(NCCNC(=C3C(=O)C(=O)N(c4cccc(C(C)=O)c4)C3=S)c3ccccc3)c3ccccc3)C2=S)c1. The van der Waals surface area contributed by atoms with E-state index in [1.165, 1.54) is 26.0 Å². The molecule has 2 amide bonds. The van der Waals surface area contributed by atoms with Gasteiger partial charge in [0.1, 0.15) is 9.98 Å². The van der Waals surface area contributed by atoms with Crippen LogP contribution in [0, 0.1) is 0 Å². The van der Waals surface area contributed by atoms with Crippen LogP contribution in [0.4, 0.5) is 11.4 Å². The summed E-state index contributed by atoms with van der Waals surface area (Å²) in [5, 5.41) is 6.53.